The number of aliphatic carboxylic acids is 1. The summed E-state index contributed by atoms with van der Waals surface area (Å²) in [6, 6.07) is 0. The lowest BCUT2D eigenvalue weighted by Gasteiger charge is -2.09. The van der Waals surface area contributed by atoms with E-state index in [-0.39, 0.29) is 5.39 Å². The zero-order chi connectivity index (χ0) is 16.4. The lowest BCUT2D eigenvalue weighted by Crippen LogP contribution is -2.28. The van der Waals surface area contributed by atoms with Gasteiger partial charge in [-0.2, -0.15) is 0 Å². The second-order valence-electron chi connectivity index (χ2n) is 4.79. The van der Waals surface area contributed by atoms with E-state index in [2.05, 4.69) is 4.98 Å². The lowest BCUT2D eigenvalue weighted by atomic mass is 10.2. The van der Waals surface area contributed by atoms with Crippen molar-refractivity contribution in [3.05, 3.63) is 26.6 Å². The molecular weight excluding hydrogens is 308 g/mol. The highest BCUT2D eigenvalue weighted by molar-refractivity contribution is 7.20. The molecule has 118 valence electrons. The van der Waals surface area contributed by atoms with Crippen LogP contribution in [0.2, 0.25) is 0 Å². The van der Waals surface area contributed by atoms with Crippen molar-refractivity contribution in [1.29, 1.82) is 0 Å². The summed E-state index contributed by atoms with van der Waals surface area (Å²) in [7, 11) is 1.27. The van der Waals surface area contributed by atoms with Gasteiger partial charge in [0.05, 0.1) is 12.5 Å². The maximum Gasteiger partial charge on any atom is 0.348 e. The fraction of sp³-hybridized carbons (Fsp3) is 0.429. The van der Waals surface area contributed by atoms with E-state index in [0.717, 1.165) is 22.3 Å². The van der Waals surface area contributed by atoms with Crippen molar-refractivity contribution in [1.82, 2.24) is 9.55 Å². The van der Waals surface area contributed by atoms with Crippen LogP contribution in [-0.4, -0.2) is 33.7 Å². The van der Waals surface area contributed by atoms with Crippen LogP contribution in [0, 0.1) is 6.92 Å². The van der Waals surface area contributed by atoms with E-state index in [9.17, 15) is 14.4 Å². The maximum atomic E-state index is 12.6. The number of thiophene rings is 1. The number of aryl methyl sites for hydroxylation is 2. The first-order valence-corrected chi connectivity index (χ1v) is 7.55. The molecule has 0 spiro atoms. The molecule has 22 heavy (non-hydrogen) atoms. The standard InChI is InChI=1S/C14H16N2O5S/c1-4-5-8-15-12-10(13(19)16(8)6-9(17)18)7(2)11(22-12)14(20)21-3/h4-6H2,1-3H3,(H,17,18). The minimum atomic E-state index is -1.11. The monoisotopic (exact) mass is 324 g/mol. The Bertz CT molecular complexity index is 806. The van der Waals surface area contributed by atoms with Crippen LogP contribution in [0.3, 0.4) is 0 Å². The normalized spacial score (nSPS) is 10.9. The molecule has 0 amide bonds. The fourth-order valence-electron chi connectivity index (χ4n) is 2.26. The first-order valence-electron chi connectivity index (χ1n) is 6.73. The highest BCUT2D eigenvalue weighted by atomic mass is 32.1. The molecule has 0 aromatic carbocycles. The number of hydrogen-bond donors (Lipinski definition) is 1. The van der Waals surface area contributed by atoms with Gasteiger partial charge in [-0.05, 0) is 18.9 Å². The SMILES string of the molecule is CCCc1nc2sc(C(=O)OC)c(C)c2c(=O)n1CC(=O)O. The van der Waals surface area contributed by atoms with E-state index in [1.165, 1.54) is 7.11 Å². The average Bonchev–Trinajstić information content (AvgIpc) is 2.79. The second kappa shape index (κ2) is 6.27. The summed E-state index contributed by atoms with van der Waals surface area (Å²) >= 11 is 1.09. The predicted molar refractivity (Wildman–Crippen MR) is 81.6 cm³/mol. The number of carbonyl (C=O) groups is 2. The zero-order valence-corrected chi connectivity index (χ0v) is 13.3. The summed E-state index contributed by atoms with van der Waals surface area (Å²) in [6.07, 6.45) is 1.22. The Kier molecular flexibility index (Phi) is 4.60. The molecule has 8 heteroatoms. The van der Waals surface area contributed by atoms with Crippen LogP contribution in [0.5, 0.6) is 0 Å². The lowest BCUT2D eigenvalue weighted by molar-refractivity contribution is -0.137. The number of nitrogens with zero attached hydrogens (tertiary/aromatic N) is 2. The summed E-state index contributed by atoms with van der Waals surface area (Å²) < 4.78 is 5.86. The number of carbonyl (C=O) groups excluding carboxylic acids is 1. The number of carboxylic acids is 1. The number of ether oxygens (including phenoxy) is 1. The van der Waals surface area contributed by atoms with Gasteiger partial charge in [0.15, 0.2) is 0 Å². The first kappa shape index (κ1) is 16.2. The van der Waals surface area contributed by atoms with E-state index < -0.39 is 24.0 Å². The van der Waals surface area contributed by atoms with Crippen molar-refractivity contribution < 1.29 is 19.4 Å². The Balaban J connectivity index is 2.78. The molecule has 0 aliphatic heterocycles. The van der Waals surface area contributed by atoms with Crippen molar-refractivity contribution in [2.24, 2.45) is 0 Å². The van der Waals surface area contributed by atoms with Crippen LogP contribution < -0.4 is 5.56 Å². The third-order valence-corrected chi connectivity index (χ3v) is 4.43. The van der Waals surface area contributed by atoms with Crippen molar-refractivity contribution >= 4 is 33.5 Å². The largest absolute Gasteiger partial charge is 0.480 e. The molecule has 1 N–H and O–H groups in total. The Hall–Kier alpha value is -2.22. The number of carboxylic acid groups (broad SMARTS) is 1. The smallest absolute Gasteiger partial charge is 0.348 e. The van der Waals surface area contributed by atoms with Gasteiger partial charge in [0.2, 0.25) is 0 Å². The molecule has 0 atom stereocenters. The van der Waals surface area contributed by atoms with E-state index in [1.807, 2.05) is 6.92 Å². The number of esters is 1. The second-order valence-corrected chi connectivity index (χ2v) is 5.79. The van der Waals surface area contributed by atoms with Crippen LogP contribution in [-0.2, 0) is 22.5 Å². The summed E-state index contributed by atoms with van der Waals surface area (Å²) in [4.78, 5) is 40.5. The van der Waals surface area contributed by atoms with Gasteiger partial charge in [-0.15, -0.1) is 11.3 Å². The molecule has 2 aromatic rings. The summed E-state index contributed by atoms with van der Waals surface area (Å²) in [5, 5.41) is 9.28. The zero-order valence-electron chi connectivity index (χ0n) is 12.5. The molecule has 0 unspecified atom stereocenters. The summed E-state index contributed by atoms with van der Waals surface area (Å²) in [5.41, 5.74) is 0.0475. The molecule has 0 saturated carbocycles. The molecule has 0 bridgehead atoms. The van der Waals surface area contributed by atoms with Gasteiger partial charge in [0.1, 0.15) is 22.1 Å². The molecule has 0 fully saturated rings. The fourth-order valence-corrected chi connectivity index (χ4v) is 3.37. The van der Waals surface area contributed by atoms with Gasteiger partial charge < -0.3 is 9.84 Å². The van der Waals surface area contributed by atoms with E-state index >= 15 is 0 Å². The average molecular weight is 324 g/mol. The van der Waals surface area contributed by atoms with Gasteiger partial charge in [0, 0.05) is 6.42 Å². The quantitative estimate of drug-likeness (QED) is 0.839. The van der Waals surface area contributed by atoms with Crippen molar-refractivity contribution in [3.63, 3.8) is 0 Å². The Morgan fingerprint density at radius 1 is 1.41 bits per heavy atom. The molecule has 2 rings (SSSR count). The maximum absolute atomic E-state index is 12.6. The Labute approximate surface area is 130 Å². The number of aromatic nitrogens is 2. The van der Waals surface area contributed by atoms with Crippen molar-refractivity contribution in [2.75, 3.05) is 7.11 Å². The third-order valence-electron chi connectivity index (χ3n) is 3.27. The predicted octanol–water partition coefficient (Wildman–Crippen LogP) is 1.59. The molecule has 0 aliphatic carbocycles. The molecule has 2 aromatic heterocycles. The van der Waals surface area contributed by atoms with Gasteiger partial charge in [-0.25, -0.2) is 9.78 Å². The molecule has 0 saturated heterocycles. The molecule has 0 radical (unpaired) electrons. The van der Waals surface area contributed by atoms with Crippen LogP contribution in [0.25, 0.3) is 10.2 Å². The minimum Gasteiger partial charge on any atom is -0.480 e. The topological polar surface area (TPSA) is 98.5 Å². The van der Waals surface area contributed by atoms with Crippen LogP contribution in [0.4, 0.5) is 0 Å². The minimum absolute atomic E-state index is 0.284. The molecule has 7 nitrogen and oxygen atoms in total. The van der Waals surface area contributed by atoms with E-state index in [4.69, 9.17) is 9.84 Å². The van der Waals surface area contributed by atoms with E-state index in [1.54, 1.807) is 6.92 Å². The van der Waals surface area contributed by atoms with Gasteiger partial charge in [0.25, 0.3) is 5.56 Å². The Morgan fingerprint density at radius 2 is 2.09 bits per heavy atom. The van der Waals surface area contributed by atoms with Gasteiger partial charge in [-0.3, -0.25) is 14.2 Å². The van der Waals surface area contributed by atoms with E-state index in [0.29, 0.717) is 27.5 Å². The number of rotatable bonds is 5. The highest BCUT2D eigenvalue weighted by Crippen LogP contribution is 2.28. The first-order chi connectivity index (χ1) is 10.4. The highest BCUT2D eigenvalue weighted by Gasteiger charge is 2.22. The Morgan fingerprint density at radius 3 is 2.64 bits per heavy atom. The molecule has 0 aliphatic rings. The molecular formula is C14H16N2O5S. The third kappa shape index (κ3) is 2.74. The number of fused-ring (bicyclic) bond motifs is 1. The van der Waals surface area contributed by atoms with Gasteiger partial charge in [-0.1, -0.05) is 6.92 Å². The summed E-state index contributed by atoms with van der Waals surface area (Å²) in [6.45, 7) is 3.11. The van der Waals surface area contributed by atoms with Crippen LogP contribution >= 0.6 is 11.3 Å². The van der Waals surface area contributed by atoms with Gasteiger partial charge >= 0.3 is 11.9 Å². The number of methoxy groups -OCH3 is 1. The van der Waals surface area contributed by atoms with Crippen LogP contribution in [0.15, 0.2) is 4.79 Å². The number of hydrogen-bond acceptors (Lipinski definition) is 6. The van der Waals surface area contributed by atoms with Crippen LogP contribution in [0.1, 0.15) is 34.4 Å². The van der Waals surface area contributed by atoms with Crippen molar-refractivity contribution in [3.8, 4) is 0 Å². The van der Waals surface area contributed by atoms with Crippen molar-refractivity contribution in [2.45, 2.75) is 33.2 Å². The summed E-state index contributed by atoms with van der Waals surface area (Å²) in [5.74, 6) is -1.22. The molecule has 2 heterocycles.